The molecule has 8 heteroatoms. The van der Waals surface area contributed by atoms with Crippen molar-refractivity contribution in [2.45, 2.75) is 17.6 Å². The normalized spacial score (nSPS) is 18.2. The summed E-state index contributed by atoms with van der Waals surface area (Å²) in [5.74, 6) is -0.485. The first kappa shape index (κ1) is 16.7. The van der Waals surface area contributed by atoms with Crippen molar-refractivity contribution in [3.8, 4) is 0 Å². The number of rotatable bonds is 3. The predicted molar refractivity (Wildman–Crippen MR) is 87.5 cm³/mol. The Morgan fingerprint density at radius 2 is 2.00 bits per heavy atom. The van der Waals surface area contributed by atoms with Crippen LogP contribution in [-0.2, 0) is 14.6 Å². The molecule has 0 aliphatic carbocycles. The topological polar surface area (TPSA) is 75.3 Å². The summed E-state index contributed by atoms with van der Waals surface area (Å²) in [4.78, 5) is 12.6. The van der Waals surface area contributed by atoms with Gasteiger partial charge >= 0.3 is 0 Å². The maximum Gasteiger partial charge on any atom is 0.245 e. The van der Waals surface area contributed by atoms with Gasteiger partial charge in [-0.15, -0.1) is 0 Å². The van der Waals surface area contributed by atoms with E-state index >= 15 is 0 Å². The molecule has 0 aromatic heterocycles. The molecule has 1 saturated heterocycles. The van der Waals surface area contributed by atoms with Crippen molar-refractivity contribution in [2.75, 3.05) is 24.7 Å². The number of benzene rings is 1. The average molecular weight is 396 g/mol. The molecule has 116 valence electrons. The molecule has 0 bridgehead atoms. The van der Waals surface area contributed by atoms with Crippen LogP contribution in [0.25, 0.3) is 0 Å². The van der Waals surface area contributed by atoms with Gasteiger partial charge in [0.05, 0.1) is 5.02 Å². The lowest BCUT2D eigenvalue weighted by Gasteiger charge is -2.34. The number of nitrogens with one attached hydrogen (secondary N) is 2. The van der Waals surface area contributed by atoms with Crippen molar-refractivity contribution in [1.29, 1.82) is 0 Å². The molecule has 1 amide bonds. The SMILES string of the molecule is CS(=O)(=O)C1(C(=O)Nc2ccc(Cl)c(Br)c2)CCNCC1. The van der Waals surface area contributed by atoms with Crippen molar-refractivity contribution in [3.63, 3.8) is 0 Å². The van der Waals surface area contributed by atoms with Gasteiger partial charge in [0, 0.05) is 16.4 Å². The van der Waals surface area contributed by atoms with Gasteiger partial charge in [0.2, 0.25) is 5.91 Å². The molecule has 21 heavy (non-hydrogen) atoms. The molecular formula is C13H16BrClN2O3S. The van der Waals surface area contributed by atoms with Gasteiger partial charge in [-0.25, -0.2) is 8.42 Å². The van der Waals surface area contributed by atoms with Crippen LogP contribution in [0.3, 0.4) is 0 Å². The van der Waals surface area contributed by atoms with Gasteiger partial charge in [-0.1, -0.05) is 11.6 Å². The molecular weight excluding hydrogens is 380 g/mol. The van der Waals surface area contributed by atoms with E-state index in [2.05, 4.69) is 26.6 Å². The Labute approximate surface area is 137 Å². The van der Waals surface area contributed by atoms with Gasteiger partial charge in [0.15, 0.2) is 14.6 Å². The highest BCUT2D eigenvalue weighted by molar-refractivity contribution is 9.10. The van der Waals surface area contributed by atoms with Crippen LogP contribution in [0.5, 0.6) is 0 Å². The van der Waals surface area contributed by atoms with Crippen LogP contribution >= 0.6 is 27.5 Å². The van der Waals surface area contributed by atoms with Crippen LogP contribution < -0.4 is 10.6 Å². The van der Waals surface area contributed by atoms with Crippen LogP contribution in [0.2, 0.25) is 5.02 Å². The number of piperidine rings is 1. The third-order valence-corrected chi connectivity index (χ3v) is 6.94. The molecule has 2 rings (SSSR count). The molecule has 1 aliphatic rings. The zero-order chi connectivity index (χ0) is 15.7. The number of amides is 1. The minimum absolute atomic E-state index is 0.270. The number of anilines is 1. The standard InChI is InChI=1S/C13H16BrClN2O3S/c1-21(19,20)13(4-6-16-7-5-13)12(18)17-9-2-3-11(15)10(14)8-9/h2-3,8,16H,4-7H2,1H3,(H,17,18). The highest BCUT2D eigenvalue weighted by Gasteiger charge is 2.48. The summed E-state index contributed by atoms with van der Waals surface area (Å²) in [6.07, 6.45) is 1.66. The number of carbonyl (C=O) groups is 1. The molecule has 0 atom stereocenters. The second-order valence-electron chi connectivity index (χ2n) is 5.10. The number of hydrogen-bond acceptors (Lipinski definition) is 4. The van der Waals surface area contributed by atoms with E-state index < -0.39 is 20.5 Å². The fraction of sp³-hybridized carbons (Fsp3) is 0.462. The van der Waals surface area contributed by atoms with Gasteiger partial charge in [0.1, 0.15) is 0 Å². The first-order valence-electron chi connectivity index (χ1n) is 6.43. The number of carbonyl (C=O) groups excluding carboxylic acids is 1. The third kappa shape index (κ3) is 3.41. The van der Waals surface area contributed by atoms with Crippen LogP contribution in [-0.4, -0.2) is 38.4 Å². The molecule has 0 spiro atoms. The highest BCUT2D eigenvalue weighted by atomic mass is 79.9. The lowest BCUT2D eigenvalue weighted by Crippen LogP contribution is -2.55. The summed E-state index contributed by atoms with van der Waals surface area (Å²) in [7, 11) is -3.51. The minimum Gasteiger partial charge on any atom is -0.325 e. The van der Waals surface area contributed by atoms with E-state index in [1.807, 2.05) is 0 Å². The van der Waals surface area contributed by atoms with E-state index in [4.69, 9.17) is 11.6 Å². The van der Waals surface area contributed by atoms with Crippen molar-refractivity contribution < 1.29 is 13.2 Å². The summed E-state index contributed by atoms with van der Waals surface area (Å²) in [5.41, 5.74) is 0.512. The van der Waals surface area contributed by atoms with Crippen LogP contribution in [0.15, 0.2) is 22.7 Å². The summed E-state index contributed by atoms with van der Waals surface area (Å²) >= 11 is 9.18. The molecule has 1 aromatic rings. The Morgan fingerprint density at radius 3 is 2.52 bits per heavy atom. The Kier molecular flexibility index (Phi) is 4.97. The third-order valence-electron chi connectivity index (χ3n) is 3.71. The van der Waals surface area contributed by atoms with Crippen molar-refractivity contribution in [2.24, 2.45) is 0 Å². The van der Waals surface area contributed by atoms with E-state index in [1.54, 1.807) is 18.2 Å². The number of sulfone groups is 1. The van der Waals surface area contributed by atoms with E-state index in [0.29, 0.717) is 28.3 Å². The maximum absolute atomic E-state index is 12.6. The first-order valence-corrected chi connectivity index (χ1v) is 9.49. The van der Waals surface area contributed by atoms with Gasteiger partial charge in [0.25, 0.3) is 0 Å². The Bertz CT molecular complexity index is 657. The fourth-order valence-electron chi connectivity index (χ4n) is 2.42. The van der Waals surface area contributed by atoms with Crippen molar-refractivity contribution >= 4 is 49.0 Å². The van der Waals surface area contributed by atoms with E-state index in [1.165, 1.54) is 0 Å². The highest BCUT2D eigenvalue weighted by Crippen LogP contribution is 2.31. The molecule has 0 unspecified atom stereocenters. The summed E-state index contributed by atoms with van der Waals surface area (Å²) < 4.78 is 23.6. The lowest BCUT2D eigenvalue weighted by atomic mass is 9.95. The van der Waals surface area contributed by atoms with Crippen molar-refractivity contribution in [1.82, 2.24) is 5.32 Å². The van der Waals surface area contributed by atoms with Crippen LogP contribution in [0, 0.1) is 0 Å². The zero-order valence-electron chi connectivity index (χ0n) is 11.4. The fourth-order valence-corrected chi connectivity index (χ4v) is 4.25. The molecule has 1 aromatic carbocycles. The zero-order valence-corrected chi connectivity index (χ0v) is 14.6. The van der Waals surface area contributed by atoms with Gasteiger partial charge in [-0.05, 0) is 60.1 Å². The Morgan fingerprint density at radius 1 is 1.38 bits per heavy atom. The second-order valence-corrected chi connectivity index (χ2v) is 8.69. The lowest BCUT2D eigenvalue weighted by molar-refractivity contribution is -0.119. The molecule has 0 radical (unpaired) electrons. The monoisotopic (exact) mass is 394 g/mol. The number of halogens is 2. The van der Waals surface area contributed by atoms with Gasteiger partial charge < -0.3 is 10.6 Å². The van der Waals surface area contributed by atoms with Crippen LogP contribution in [0.1, 0.15) is 12.8 Å². The molecule has 1 aliphatic heterocycles. The largest absolute Gasteiger partial charge is 0.325 e. The molecule has 2 N–H and O–H groups in total. The predicted octanol–water partition coefficient (Wildman–Crippen LogP) is 2.21. The quantitative estimate of drug-likeness (QED) is 0.823. The maximum atomic E-state index is 12.6. The first-order chi connectivity index (χ1) is 9.76. The Hall–Kier alpha value is -0.630. The molecule has 1 heterocycles. The summed E-state index contributed by atoms with van der Waals surface area (Å²) in [5, 5.41) is 6.29. The van der Waals surface area contributed by atoms with E-state index in [9.17, 15) is 13.2 Å². The Balaban J connectivity index is 2.29. The average Bonchev–Trinajstić information content (AvgIpc) is 2.42. The van der Waals surface area contributed by atoms with Gasteiger partial charge in [-0.2, -0.15) is 0 Å². The van der Waals surface area contributed by atoms with Crippen molar-refractivity contribution in [3.05, 3.63) is 27.7 Å². The minimum atomic E-state index is -3.51. The molecule has 1 fully saturated rings. The van der Waals surface area contributed by atoms with Crippen LogP contribution in [0.4, 0.5) is 5.69 Å². The second kappa shape index (κ2) is 6.24. The summed E-state index contributed by atoms with van der Waals surface area (Å²) in [6, 6.07) is 4.93. The smallest absolute Gasteiger partial charge is 0.245 e. The van der Waals surface area contributed by atoms with Gasteiger partial charge in [-0.3, -0.25) is 4.79 Å². The molecule has 5 nitrogen and oxygen atoms in total. The summed E-state index contributed by atoms with van der Waals surface area (Å²) in [6.45, 7) is 1.01. The van der Waals surface area contributed by atoms with E-state index in [0.717, 1.165) is 6.26 Å². The molecule has 0 saturated carbocycles. The van der Waals surface area contributed by atoms with E-state index in [-0.39, 0.29) is 12.8 Å². The number of hydrogen-bond donors (Lipinski definition) is 2.